The molecular formula is C23H23N3O4. The predicted molar refractivity (Wildman–Crippen MR) is 113 cm³/mol. The van der Waals surface area contributed by atoms with Crippen LogP contribution in [-0.2, 0) is 9.59 Å². The molecule has 0 saturated heterocycles. The third-order valence-corrected chi connectivity index (χ3v) is 5.58. The Hall–Kier alpha value is -3.48. The first-order chi connectivity index (χ1) is 14.5. The summed E-state index contributed by atoms with van der Waals surface area (Å²) in [5.41, 5.74) is 2.50. The van der Waals surface area contributed by atoms with Gasteiger partial charge < -0.3 is 5.11 Å². The molecule has 2 aromatic rings. The molecule has 2 aliphatic rings. The van der Waals surface area contributed by atoms with Gasteiger partial charge in [0.25, 0.3) is 0 Å². The monoisotopic (exact) mass is 405 g/mol. The van der Waals surface area contributed by atoms with Crippen molar-refractivity contribution >= 4 is 29.2 Å². The van der Waals surface area contributed by atoms with E-state index in [9.17, 15) is 19.5 Å². The van der Waals surface area contributed by atoms with Crippen LogP contribution in [-0.4, -0.2) is 46.7 Å². The number of aliphatic carboxylic acids is 1. The van der Waals surface area contributed by atoms with Crippen molar-refractivity contribution in [3.05, 3.63) is 65.7 Å². The molecule has 7 heteroatoms. The molecule has 1 aliphatic carbocycles. The van der Waals surface area contributed by atoms with E-state index >= 15 is 0 Å². The van der Waals surface area contributed by atoms with E-state index in [-0.39, 0.29) is 18.2 Å². The first kappa shape index (κ1) is 19.8. The summed E-state index contributed by atoms with van der Waals surface area (Å²) in [5.74, 6) is -1.21. The van der Waals surface area contributed by atoms with E-state index in [0.29, 0.717) is 17.0 Å². The Morgan fingerprint density at radius 2 is 1.63 bits per heavy atom. The van der Waals surface area contributed by atoms with Gasteiger partial charge in [0, 0.05) is 17.0 Å². The highest BCUT2D eigenvalue weighted by atomic mass is 16.4. The normalized spacial score (nSPS) is 16.8. The topological polar surface area (TPSA) is 90.3 Å². The lowest BCUT2D eigenvalue weighted by molar-refractivity contribution is -0.137. The van der Waals surface area contributed by atoms with Crippen LogP contribution in [0, 0.1) is 5.92 Å². The maximum atomic E-state index is 13.3. The average Bonchev–Trinajstić information content (AvgIpc) is 3.27. The number of carbonyl (C=O) groups excluding carboxylic acids is 2. The van der Waals surface area contributed by atoms with Gasteiger partial charge in [0.2, 0.25) is 0 Å². The number of nitrogens with zero attached hydrogens (tertiary/aromatic N) is 3. The molecule has 0 atom stereocenters. The number of Topliss-reactive ketones (excluding diaryl/α,β-unsaturated/α-hetero) is 1. The number of urea groups is 1. The maximum Gasteiger partial charge on any atom is 0.345 e. The van der Waals surface area contributed by atoms with Crippen LogP contribution < -0.4 is 4.90 Å². The lowest BCUT2D eigenvalue weighted by atomic mass is 9.99. The van der Waals surface area contributed by atoms with Gasteiger partial charge in [-0.05, 0) is 18.9 Å². The molecule has 0 radical (unpaired) electrons. The van der Waals surface area contributed by atoms with Gasteiger partial charge in [0.1, 0.15) is 12.3 Å². The first-order valence-corrected chi connectivity index (χ1v) is 10.1. The van der Waals surface area contributed by atoms with Crippen LogP contribution in [0.3, 0.4) is 0 Å². The fraction of sp³-hybridized carbons (Fsp3) is 0.304. The number of amides is 2. The smallest absolute Gasteiger partial charge is 0.345 e. The van der Waals surface area contributed by atoms with Crippen LogP contribution >= 0.6 is 0 Å². The fourth-order valence-corrected chi connectivity index (χ4v) is 4.09. The molecule has 0 bridgehead atoms. The maximum absolute atomic E-state index is 13.3. The molecule has 154 valence electrons. The van der Waals surface area contributed by atoms with Crippen LogP contribution in [0.1, 0.15) is 36.8 Å². The van der Waals surface area contributed by atoms with Gasteiger partial charge in [0.05, 0.1) is 12.2 Å². The van der Waals surface area contributed by atoms with Gasteiger partial charge in [-0.1, -0.05) is 61.4 Å². The zero-order valence-corrected chi connectivity index (χ0v) is 16.5. The van der Waals surface area contributed by atoms with Crippen LogP contribution in [0.25, 0.3) is 0 Å². The Bertz CT molecular complexity index is 997. The van der Waals surface area contributed by atoms with Gasteiger partial charge in [-0.25, -0.2) is 9.80 Å². The SMILES string of the molecule is O=C(O)CN1N=C(c2ccccc2)c2ccccc2N(CC(=O)C2CCCC2)C1=O. The number of hydrogen-bond acceptors (Lipinski definition) is 4. The van der Waals surface area contributed by atoms with Crippen molar-refractivity contribution in [2.24, 2.45) is 11.0 Å². The molecule has 7 nitrogen and oxygen atoms in total. The van der Waals surface area contributed by atoms with Gasteiger partial charge in [-0.2, -0.15) is 5.10 Å². The molecular weight excluding hydrogens is 382 g/mol. The van der Waals surface area contributed by atoms with Crippen LogP contribution in [0.5, 0.6) is 0 Å². The summed E-state index contributed by atoms with van der Waals surface area (Å²) in [6, 6.07) is 16.0. The Morgan fingerprint density at radius 1 is 0.967 bits per heavy atom. The molecule has 0 unspecified atom stereocenters. The largest absolute Gasteiger partial charge is 0.480 e. The zero-order chi connectivity index (χ0) is 21.1. The summed E-state index contributed by atoms with van der Waals surface area (Å²) in [4.78, 5) is 39.0. The number of ketones is 1. The Balaban J connectivity index is 1.79. The van der Waals surface area contributed by atoms with Crippen molar-refractivity contribution in [2.75, 3.05) is 18.0 Å². The third kappa shape index (κ3) is 3.96. The minimum Gasteiger partial charge on any atom is -0.480 e. The highest BCUT2D eigenvalue weighted by molar-refractivity contribution is 6.19. The second-order valence-corrected chi connectivity index (χ2v) is 7.60. The third-order valence-electron chi connectivity index (χ3n) is 5.58. The highest BCUT2D eigenvalue weighted by Crippen LogP contribution is 2.31. The molecule has 1 saturated carbocycles. The number of carbonyl (C=O) groups is 3. The summed E-state index contributed by atoms with van der Waals surface area (Å²) in [5, 5.41) is 14.7. The summed E-state index contributed by atoms with van der Waals surface area (Å²) in [7, 11) is 0. The number of carboxylic acids is 1. The lowest BCUT2D eigenvalue weighted by Gasteiger charge is -2.26. The van der Waals surface area contributed by atoms with E-state index in [4.69, 9.17) is 0 Å². The van der Waals surface area contributed by atoms with E-state index in [0.717, 1.165) is 36.3 Å². The number of anilines is 1. The minimum atomic E-state index is -1.17. The van der Waals surface area contributed by atoms with E-state index in [1.165, 1.54) is 4.90 Å². The number of benzene rings is 2. The van der Waals surface area contributed by atoms with Crippen LogP contribution in [0.2, 0.25) is 0 Å². The Kier molecular flexibility index (Phi) is 5.61. The number of para-hydroxylation sites is 1. The van der Waals surface area contributed by atoms with Gasteiger partial charge in [-0.3, -0.25) is 14.5 Å². The second-order valence-electron chi connectivity index (χ2n) is 7.60. The molecule has 1 heterocycles. The van der Waals surface area contributed by atoms with Crippen molar-refractivity contribution in [1.29, 1.82) is 0 Å². The fourth-order valence-electron chi connectivity index (χ4n) is 4.09. The highest BCUT2D eigenvalue weighted by Gasteiger charge is 2.34. The molecule has 1 fully saturated rings. The van der Waals surface area contributed by atoms with Crippen molar-refractivity contribution in [3.63, 3.8) is 0 Å². The summed E-state index contributed by atoms with van der Waals surface area (Å²) < 4.78 is 0. The van der Waals surface area contributed by atoms with Crippen molar-refractivity contribution in [1.82, 2.24) is 5.01 Å². The van der Waals surface area contributed by atoms with Crippen molar-refractivity contribution in [3.8, 4) is 0 Å². The summed E-state index contributed by atoms with van der Waals surface area (Å²) >= 11 is 0. The Labute approximate surface area is 174 Å². The molecule has 0 aromatic heterocycles. The van der Waals surface area contributed by atoms with E-state index in [1.807, 2.05) is 42.5 Å². The average molecular weight is 405 g/mol. The molecule has 1 aliphatic heterocycles. The van der Waals surface area contributed by atoms with Crippen LogP contribution in [0.4, 0.5) is 10.5 Å². The molecule has 2 amide bonds. The van der Waals surface area contributed by atoms with Gasteiger partial charge in [-0.15, -0.1) is 0 Å². The standard InChI is InChI=1S/C23H23N3O4/c27-20(16-8-4-5-9-16)14-25-19-13-7-6-12-18(19)22(17-10-2-1-3-11-17)24-26(23(25)30)15-21(28)29/h1-3,6-7,10-13,16H,4-5,8-9,14-15H2,(H,28,29). The molecule has 2 aromatic carbocycles. The van der Waals surface area contributed by atoms with Gasteiger partial charge >= 0.3 is 12.0 Å². The minimum absolute atomic E-state index is 0.00842. The molecule has 4 rings (SSSR count). The van der Waals surface area contributed by atoms with E-state index in [1.54, 1.807) is 12.1 Å². The Morgan fingerprint density at radius 3 is 2.33 bits per heavy atom. The summed E-state index contributed by atoms with van der Waals surface area (Å²) in [6.45, 7) is -0.675. The van der Waals surface area contributed by atoms with E-state index in [2.05, 4.69) is 5.10 Å². The number of fused-ring (bicyclic) bond motifs is 1. The zero-order valence-electron chi connectivity index (χ0n) is 16.5. The summed E-state index contributed by atoms with van der Waals surface area (Å²) in [6.07, 6.45) is 3.72. The van der Waals surface area contributed by atoms with E-state index < -0.39 is 18.5 Å². The molecule has 30 heavy (non-hydrogen) atoms. The number of rotatable bonds is 6. The molecule has 1 N–H and O–H groups in total. The van der Waals surface area contributed by atoms with Crippen LogP contribution in [0.15, 0.2) is 59.7 Å². The lowest BCUT2D eigenvalue weighted by Crippen LogP contribution is -2.45. The molecule has 0 spiro atoms. The van der Waals surface area contributed by atoms with Crippen molar-refractivity contribution < 1.29 is 19.5 Å². The number of carboxylic acid groups (broad SMARTS) is 1. The van der Waals surface area contributed by atoms with Gasteiger partial charge in [0.15, 0.2) is 5.78 Å². The number of hydrogen-bond donors (Lipinski definition) is 1. The predicted octanol–water partition coefficient (Wildman–Crippen LogP) is 3.52. The van der Waals surface area contributed by atoms with Crippen molar-refractivity contribution in [2.45, 2.75) is 25.7 Å². The quantitative estimate of drug-likeness (QED) is 0.796. The first-order valence-electron chi connectivity index (χ1n) is 10.1. The number of hydrazone groups is 1. The second kappa shape index (κ2) is 8.49.